The predicted octanol–water partition coefficient (Wildman–Crippen LogP) is 1.86. The lowest BCUT2D eigenvalue weighted by Gasteiger charge is -2.11. The maximum Gasteiger partial charge on any atom is 0.215 e. The predicted molar refractivity (Wildman–Crippen MR) is 116 cm³/mol. The number of pyridine rings is 1. The van der Waals surface area contributed by atoms with E-state index in [1.807, 2.05) is 43.6 Å². The number of aryl methyl sites for hydroxylation is 1. The van der Waals surface area contributed by atoms with Gasteiger partial charge in [0.1, 0.15) is 18.0 Å². The summed E-state index contributed by atoms with van der Waals surface area (Å²) in [5, 5.41) is 3.82. The number of benzene rings is 1. The highest BCUT2D eigenvalue weighted by Crippen LogP contribution is 2.26. The van der Waals surface area contributed by atoms with Crippen molar-refractivity contribution in [3.05, 3.63) is 59.9 Å². The molecule has 0 saturated heterocycles. The highest BCUT2D eigenvalue weighted by atomic mass is 32.2. The molecule has 0 atom stereocenters. The Bertz CT molecular complexity index is 1160. The molecular formula is C20H24N6O3S. The van der Waals surface area contributed by atoms with Gasteiger partial charge in [-0.15, -0.1) is 0 Å². The Labute approximate surface area is 175 Å². The summed E-state index contributed by atoms with van der Waals surface area (Å²) in [6.07, 6.45) is 1.87. The van der Waals surface area contributed by atoms with Crippen LogP contribution < -0.4 is 10.5 Å². The average Bonchev–Trinajstić information content (AvgIpc) is 3.14. The minimum absolute atomic E-state index is 0.0959. The molecule has 0 bridgehead atoms. The van der Waals surface area contributed by atoms with E-state index < -0.39 is 10.0 Å². The fourth-order valence-electron chi connectivity index (χ4n) is 2.83. The quantitative estimate of drug-likeness (QED) is 0.321. The van der Waals surface area contributed by atoms with Crippen LogP contribution in [0.1, 0.15) is 18.2 Å². The Morgan fingerprint density at radius 2 is 1.93 bits per heavy atom. The molecule has 0 aliphatic carbocycles. The Kier molecular flexibility index (Phi) is 6.48. The van der Waals surface area contributed by atoms with Crippen LogP contribution in [0.3, 0.4) is 0 Å². The summed E-state index contributed by atoms with van der Waals surface area (Å²) < 4.78 is 28.5. The third-order valence-electron chi connectivity index (χ3n) is 4.35. The lowest BCUT2D eigenvalue weighted by molar-refractivity contribution is 0.158. The smallest absolute Gasteiger partial charge is 0.215 e. The molecule has 3 rings (SSSR count). The SMILES string of the molecule is CCO/N=C(\N)c1ccc(CS(=O)(=O)NC)c(-c2nc(-c3ccccc3)cn2C)n1. The number of hydrogen-bond donors (Lipinski definition) is 2. The molecule has 30 heavy (non-hydrogen) atoms. The molecule has 2 heterocycles. The molecule has 0 amide bonds. The Morgan fingerprint density at radius 1 is 1.20 bits per heavy atom. The van der Waals surface area contributed by atoms with Gasteiger partial charge in [-0.1, -0.05) is 41.6 Å². The normalized spacial score (nSPS) is 12.2. The number of oxime groups is 1. The fraction of sp³-hybridized carbons (Fsp3) is 0.250. The highest BCUT2D eigenvalue weighted by molar-refractivity contribution is 7.88. The first kappa shape index (κ1) is 21.5. The number of nitrogens with one attached hydrogen (secondary N) is 1. The molecule has 158 valence electrons. The van der Waals surface area contributed by atoms with Gasteiger partial charge in [0.15, 0.2) is 11.7 Å². The van der Waals surface area contributed by atoms with Crippen LogP contribution in [0.2, 0.25) is 0 Å². The second-order valence-corrected chi connectivity index (χ2v) is 8.41. The van der Waals surface area contributed by atoms with Crippen LogP contribution in [0.15, 0.2) is 53.8 Å². The molecule has 3 N–H and O–H groups in total. The molecule has 0 aliphatic heterocycles. The zero-order valence-corrected chi connectivity index (χ0v) is 17.8. The van der Waals surface area contributed by atoms with E-state index in [0.717, 1.165) is 11.3 Å². The second-order valence-electron chi connectivity index (χ2n) is 6.49. The van der Waals surface area contributed by atoms with Crippen LogP contribution in [0, 0.1) is 0 Å². The fourth-order valence-corrected chi connectivity index (χ4v) is 3.62. The van der Waals surface area contributed by atoms with Gasteiger partial charge in [0.25, 0.3) is 0 Å². The Balaban J connectivity index is 2.14. The topological polar surface area (TPSA) is 124 Å². The zero-order valence-electron chi connectivity index (χ0n) is 17.0. The summed E-state index contributed by atoms with van der Waals surface area (Å²) in [6, 6.07) is 13.0. The molecule has 0 spiro atoms. The zero-order chi connectivity index (χ0) is 21.7. The molecule has 0 radical (unpaired) electrons. The number of imidazole rings is 1. The van der Waals surface area contributed by atoms with E-state index in [1.54, 1.807) is 23.6 Å². The summed E-state index contributed by atoms with van der Waals surface area (Å²) in [5.41, 5.74) is 8.93. The molecule has 1 aromatic carbocycles. The van der Waals surface area contributed by atoms with E-state index >= 15 is 0 Å². The van der Waals surface area contributed by atoms with Crippen molar-refractivity contribution in [3.63, 3.8) is 0 Å². The van der Waals surface area contributed by atoms with Gasteiger partial charge < -0.3 is 15.1 Å². The van der Waals surface area contributed by atoms with Gasteiger partial charge in [0.2, 0.25) is 10.0 Å². The number of nitrogens with zero attached hydrogens (tertiary/aromatic N) is 4. The number of amidine groups is 1. The molecule has 2 aromatic heterocycles. The number of aromatic nitrogens is 3. The second kappa shape index (κ2) is 9.06. The third kappa shape index (κ3) is 4.84. The molecule has 9 nitrogen and oxygen atoms in total. The van der Waals surface area contributed by atoms with Crippen LogP contribution in [0.4, 0.5) is 0 Å². The van der Waals surface area contributed by atoms with Crippen molar-refractivity contribution in [3.8, 4) is 22.8 Å². The minimum Gasteiger partial charge on any atom is -0.394 e. The standard InChI is InChI=1S/C20H24N6O3S/c1-4-29-25-19(21)16-11-10-15(13-30(27,28)22-2)18(23-16)20-24-17(12-26(20)3)14-8-6-5-7-9-14/h5-12,22H,4,13H2,1-3H3,(H2,21,25). The monoisotopic (exact) mass is 428 g/mol. The largest absolute Gasteiger partial charge is 0.394 e. The molecule has 0 aliphatic rings. The van der Waals surface area contributed by atoms with Crippen molar-refractivity contribution in [1.29, 1.82) is 0 Å². The molecule has 0 saturated carbocycles. The van der Waals surface area contributed by atoms with E-state index in [2.05, 4.69) is 14.9 Å². The highest BCUT2D eigenvalue weighted by Gasteiger charge is 2.20. The van der Waals surface area contributed by atoms with E-state index in [0.29, 0.717) is 29.4 Å². The van der Waals surface area contributed by atoms with E-state index in [1.165, 1.54) is 7.05 Å². The van der Waals surface area contributed by atoms with Gasteiger partial charge >= 0.3 is 0 Å². The summed E-state index contributed by atoms with van der Waals surface area (Å²) >= 11 is 0. The first-order chi connectivity index (χ1) is 14.3. The van der Waals surface area contributed by atoms with Gasteiger partial charge in [-0.05, 0) is 25.6 Å². The summed E-state index contributed by atoms with van der Waals surface area (Å²) in [7, 11) is -0.318. The third-order valence-corrected chi connectivity index (χ3v) is 5.66. The average molecular weight is 429 g/mol. The van der Waals surface area contributed by atoms with Gasteiger partial charge in [-0.25, -0.2) is 23.1 Å². The maximum absolute atomic E-state index is 12.2. The van der Waals surface area contributed by atoms with Crippen molar-refractivity contribution in [2.24, 2.45) is 17.9 Å². The first-order valence-electron chi connectivity index (χ1n) is 9.30. The van der Waals surface area contributed by atoms with Crippen LogP contribution in [-0.4, -0.2) is 42.4 Å². The summed E-state index contributed by atoms with van der Waals surface area (Å²) in [6.45, 7) is 2.16. The van der Waals surface area contributed by atoms with E-state index in [-0.39, 0.29) is 11.6 Å². The van der Waals surface area contributed by atoms with Crippen molar-refractivity contribution in [2.75, 3.05) is 13.7 Å². The van der Waals surface area contributed by atoms with Crippen LogP contribution in [0.5, 0.6) is 0 Å². The van der Waals surface area contributed by atoms with Crippen molar-refractivity contribution in [1.82, 2.24) is 19.3 Å². The Hall–Kier alpha value is -3.24. The van der Waals surface area contributed by atoms with Gasteiger partial charge in [-0.2, -0.15) is 0 Å². The van der Waals surface area contributed by atoms with E-state index in [9.17, 15) is 8.42 Å². The van der Waals surface area contributed by atoms with Gasteiger partial charge in [0.05, 0.1) is 11.4 Å². The maximum atomic E-state index is 12.2. The molecule has 0 unspecified atom stereocenters. The van der Waals surface area contributed by atoms with Crippen LogP contribution in [-0.2, 0) is 27.7 Å². The summed E-state index contributed by atoms with van der Waals surface area (Å²) in [4.78, 5) is 14.3. The van der Waals surface area contributed by atoms with Crippen molar-refractivity contribution < 1.29 is 13.3 Å². The molecule has 10 heteroatoms. The molecular weight excluding hydrogens is 404 g/mol. The summed E-state index contributed by atoms with van der Waals surface area (Å²) in [5.74, 6) is 0.363. The number of sulfonamides is 1. The van der Waals surface area contributed by atoms with Crippen LogP contribution >= 0.6 is 0 Å². The number of nitrogens with two attached hydrogens (primary N) is 1. The lowest BCUT2D eigenvalue weighted by atomic mass is 10.1. The van der Waals surface area contributed by atoms with Gasteiger partial charge in [0, 0.05) is 18.8 Å². The van der Waals surface area contributed by atoms with Crippen molar-refractivity contribution >= 4 is 15.9 Å². The van der Waals surface area contributed by atoms with Gasteiger partial charge in [-0.3, -0.25) is 0 Å². The Morgan fingerprint density at radius 3 is 2.60 bits per heavy atom. The lowest BCUT2D eigenvalue weighted by Crippen LogP contribution is -2.22. The minimum atomic E-state index is -3.52. The molecule has 0 fully saturated rings. The number of hydrogen-bond acceptors (Lipinski definition) is 6. The molecule has 3 aromatic rings. The van der Waals surface area contributed by atoms with Crippen LogP contribution in [0.25, 0.3) is 22.8 Å². The van der Waals surface area contributed by atoms with E-state index in [4.69, 9.17) is 15.6 Å². The van der Waals surface area contributed by atoms with Crippen molar-refractivity contribution in [2.45, 2.75) is 12.7 Å². The first-order valence-corrected chi connectivity index (χ1v) is 11.0. The number of rotatable bonds is 8.